The first-order valence-corrected chi connectivity index (χ1v) is 6.18. The average Bonchev–Trinajstić information content (AvgIpc) is 2.06. The molecule has 0 aromatic heterocycles. The van der Waals surface area contributed by atoms with E-state index in [9.17, 15) is 0 Å². The van der Waals surface area contributed by atoms with Crippen molar-refractivity contribution in [1.29, 1.82) is 0 Å². The van der Waals surface area contributed by atoms with Gasteiger partial charge in [0.15, 0.2) is 0 Å². The van der Waals surface area contributed by atoms with Crippen LogP contribution in [0.2, 0.25) is 0 Å². The van der Waals surface area contributed by atoms with Crippen LogP contribution in [0.5, 0.6) is 0 Å². The van der Waals surface area contributed by atoms with Crippen LogP contribution in [0.15, 0.2) is 0 Å². The van der Waals surface area contributed by atoms with Crippen molar-refractivity contribution in [3.63, 3.8) is 0 Å². The highest BCUT2D eigenvalue weighted by molar-refractivity contribution is 4.97. The highest BCUT2D eigenvalue weighted by Crippen LogP contribution is 2.39. The van der Waals surface area contributed by atoms with Gasteiger partial charge >= 0.3 is 0 Å². The van der Waals surface area contributed by atoms with Crippen molar-refractivity contribution in [3.8, 4) is 0 Å². The van der Waals surface area contributed by atoms with Gasteiger partial charge in [-0.3, -0.25) is 4.90 Å². The smallest absolute Gasteiger partial charge is 0.0434 e. The van der Waals surface area contributed by atoms with Gasteiger partial charge in [0.2, 0.25) is 0 Å². The van der Waals surface area contributed by atoms with Gasteiger partial charge in [-0.25, -0.2) is 0 Å². The number of hydrogen-bond donors (Lipinski definition) is 1. The predicted molar refractivity (Wildman–Crippen MR) is 65.0 cm³/mol. The third-order valence-electron chi connectivity index (χ3n) is 3.92. The van der Waals surface area contributed by atoms with E-state index in [1.807, 2.05) is 0 Å². The standard InChI is InChI=1S/C13H27NO/c1-12(2,3)14-9-6-7-11(8-10-15)13(14,4)5/h11,15H,6-10H2,1-5H3. The predicted octanol–water partition coefficient (Wildman–Crippen LogP) is 2.66. The van der Waals surface area contributed by atoms with Crippen LogP contribution in [0, 0.1) is 5.92 Å². The number of hydrogen-bond acceptors (Lipinski definition) is 2. The van der Waals surface area contributed by atoms with Crippen molar-refractivity contribution < 1.29 is 5.11 Å². The summed E-state index contributed by atoms with van der Waals surface area (Å²) in [7, 11) is 0. The maximum absolute atomic E-state index is 9.12. The maximum atomic E-state index is 9.12. The number of likely N-dealkylation sites (tertiary alicyclic amines) is 1. The fraction of sp³-hybridized carbons (Fsp3) is 1.00. The number of aliphatic hydroxyl groups is 1. The minimum atomic E-state index is 0.221. The molecule has 0 aromatic carbocycles. The van der Waals surface area contributed by atoms with E-state index in [1.165, 1.54) is 19.4 Å². The highest BCUT2D eigenvalue weighted by atomic mass is 16.3. The fourth-order valence-corrected chi connectivity index (χ4v) is 3.21. The minimum Gasteiger partial charge on any atom is -0.396 e. The zero-order valence-electron chi connectivity index (χ0n) is 11.0. The zero-order valence-corrected chi connectivity index (χ0v) is 11.0. The Morgan fingerprint density at radius 1 is 1.33 bits per heavy atom. The maximum Gasteiger partial charge on any atom is 0.0434 e. The Hall–Kier alpha value is -0.0800. The van der Waals surface area contributed by atoms with Gasteiger partial charge in [-0.1, -0.05) is 0 Å². The van der Waals surface area contributed by atoms with Crippen LogP contribution in [0.1, 0.15) is 53.9 Å². The van der Waals surface area contributed by atoms with E-state index in [-0.39, 0.29) is 11.1 Å². The highest BCUT2D eigenvalue weighted by Gasteiger charge is 2.42. The summed E-state index contributed by atoms with van der Waals surface area (Å²) < 4.78 is 0. The van der Waals surface area contributed by atoms with E-state index in [4.69, 9.17) is 5.11 Å². The molecule has 1 aliphatic heterocycles. The first-order valence-electron chi connectivity index (χ1n) is 6.18. The van der Waals surface area contributed by atoms with Gasteiger partial charge in [-0.2, -0.15) is 0 Å². The normalized spacial score (nSPS) is 28.0. The molecule has 0 aliphatic carbocycles. The summed E-state index contributed by atoms with van der Waals surface area (Å²) in [6.45, 7) is 13.0. The minimum absolute atomic E-state index is 0.221. The molecule has 1 rings (SSSR count). The molecule has 0 amide bonds. The molecule has 90 valence electrons. The summed E-state index contributed by atoms with van der Waals surface area (Å²) in [6.07, 6.45) is 3.48. The second-order valence-corrected chi connectivity index (χ2v) is 6.33. The van der Waals surface area contributed by atoms with Crippen molar-refractivity contribution in [2.45, 2.75) is 65.0 Å². The molecule has 1 saturated heterocycles. The van der Waals surface area contributed by atoms with Gasteiger partial charge < -0.3 is 5.11 Å². The molecule has 0 radical (unpaired) electrons. The Balaban J connectivity index is 2.82. The van der Waals surface area contributed by atoms with E-state index in [0.717, 1.165) is 6.42 Å². The molecule has 1 aliphatic rings. The van der Waals surface area contributed by atoms with Crippen LogP contribution >= 0.6 is 0 Å². The molecule has 0 saturated carbocycles. The van der Waals surface area contributed by atoms with Crippen LogP contribution < -0.4 is 0 Å². The summed E-state index contributed by atoms with van der Waals surface area (Å²) in [6, 6.07) is 0. The van der Waals surface area contributed by atoms with E-state index >= 15 is 0 Å². The zero-order chi connectivity index (χ0) is 11.7. The quantitative estimate of drug-likeness (QED) is 0.762. The van der Waals surface area contributed by atoms with E-state index in [0.29, 0.717) is 12.5 Å². The van der Waals surface area contributed by atoms with Gasteiger partial charge in [0.1, 0.15) is 0 Å². The molecule has 0 spiro atoms. The molecule has 1 heterocycles. The fourth-order valence-electron chi connectivity index (χ4n) is 3.21. The SMILES string of the molecule is CC(C)(C)N1CCCC(CCO)C1(C)C. The first-order chi connectivity index (χ1) is 6.80. The van der Waals surface area contributed by atoms with E-state index < -0.39 is 0 Å². The van der Waals surface area contributed by atoms with Gasteiger partial charge in [-0.15, -0.1) is 0 Å². The number of nitrogens with zero attached hydrogens (tertiary/aromatic N) is 1. The van der Waals surface area contributed by atoms with Gasteiger partial charge in [0.05, 0.1) is 0 Å². The average molecular weight is 213 g/mol. The molecule has 0 aromatic rings. The third kappa shape index (κ3) is 2.73. The van der Waals surface area contributed by atoms with Gasteiger partial charge in [-0.05, 0) is 66.3 Å². The monoisotopic (exact) mass is 213 g/mol. The van der Waals surface area contributed by atoms with Crippen LogP contribution in [0.4, 0.5) is 0 Å². The molecule has 0 bridgehead atoms. The van der Waals surface area contributed by atoms with Crippen LogP contribution in [-0.4, -0.2) is 34.2 Å². The lowest BCUT2D eigenvalue weighted by molar-refractivity contribution is -0.0479. The molecule has 1 atom stereocenters. The van der Waals surface area contributed by atoms with Crippen molar-refractivity contribution in [1.82, 2.24) is 4.90 Å². The molecular weight excluding hydrogens is 186 g/mol. The Labute approximate surface area is 94.7 Å². The van der Waals surface area contributed by atoms with Crippen LogP contribution in [0.3, 0.4) is 0 Å². The third-order valence-corrected chi connectivity index (χ3v) is 3.92. The van der Waals surface area contributed by atoms with Gasteiger partial charge in [0, 0.05) is 17.7 Å². The Morgan fingerprint density at radius 3 is 2.40 bits per heavy atom. The van der Waals surface area contributed by atoms with E-state index in [2.05, 4.69) is 39.5 Å². The molecule has 2 heteroatoms. The lowest BCUT2D eigenvalue weighted by Crippen LogP contribution is -2.60. The summed E-state index contributed by atoms with van der Waals surface area (Å²) in [5, 5.41) is 9.12. The largest absolute Gasteiger partial charge is 0.396 e. The lowest BCUT2D eigenvalue weighted by atomic mass is 9.75. The molecule has 1 fully saturated rings. The molecule has 15 heavy (non-hydrogen) atoms. The first kappa shape index (κ1) is 13.0. The summed E-state index contributed by atoms with van der Waals surface area (Å²) in [4.78, 5) is 2.60. The molecule has 1 unspecified atom stereocenters. The van der Waals surface area contributed by atoms with E-state index in [1.54, 1.807) is 0 Å². The number of piperidine rings is 1. The molecular formula is C13H27NO. The van der Waals surface area contributed by atoms with Gasteiger partial charge in [0.25, 0.3) is 0 Å². The molecule has 2 nitrogen and oxygen atoms in total. The Morgan fingerprint density at radius 2 is 1.93 bits per heavy atom. The van der Waals surface area contributed by atoms with Crippen LogP contribution in [-0.2, 0) is 0 Å². The Kier molecular flexibility index (Phi) is 3.83. The second kappa shape index (κ2) is 4.42. The van der Waals surface area contributed by atoms with Crippen molar-refractivity contribution >= 4 is 0 Å². The Bertz CT molecular complexity index is 203. The summed E-state index contributed by atoms with van der Waals surface area (Å²) >= 11 is 0. The van der Waals surface area contributed by atoms with Crippen molar-refractivity contribution in [2.75, 3.05) is 13.2 Å². The topological polar surface area (TPSA) is 23.5 Å². The lowest BCUT2D eigenvalue weighted by Gasteiger charge is -2.54. The molecule has 1 N–H and O–H groups in total. The number of rotatable bonds is 2. The summed E-state index contributed by atoms with van der Waals surface area (Å²) in [5.41, 5.74) is 0.455. The van der Waals surface area contributed by atoms with Crippen molar-refractivity contribution in [2.24, 2.45) is 5.92 Å². The summed E-state index contributed by atoms with van der Waals surface area (Å²) in [5.74, 6) is 0.635. The van der Waals surface area contributed by atoms with Crippen LogP contribution in [0.25, 0.3) is 0 Å². The van der Waals surface area contributed by atoms with Crippen molar-refractivity contribution in [3.05, 3.63) is 0 Å². The second-order valence-electron chi connectivity index (χ2n) is 6.33. The number of aliphatic hydroxyl groups excluding tert-OH is 1.